The monoisotopic (exact) mass is 228 g/mol. The first-order valence-electron chi connectivity index (χ1n) is 4.91. The molecule has 0 aliphatic heterocycles. The molecule has 1 nitrogen and oxygen atoms in total. The number of thiophene rings is 1. The van der Waals surface area contributed by atoms with Gasteiger partial charge in [-0.2, -0.15) is 11.3 Å². The summed E-state index contributed by atoms with van der Waals surface area (Å²) in [6.45, 7) is 2.21. The van der Waals surface area contributed by atoms with Gasteiger partial charge in [0.2, 0.25) is 0 Å². The molecule has 1 aromatic heterocycles. The molecule has 2 unspecified atom stereocenters. The normalized spacial score (nSPS) is 28.0. The lowest BCUT2D eigenvalue weighted by Gasteiger charge is -2.27. The zero-order valence-corrected chi connectivity index (χ0v) is 9.70. The summed E-state index contributed by atoms with van der Waals surface area (Å²) < 4.78 is 0. The van der Waals surface area contributed by atoms with E-state index in [2.05, 4.69) is 12.3 Å². The molecule has 0 N–H and O–H groups in total. The van der Waals surface area contributed by atoms with E-state index in [0.717, 1.165) is 17.9 Å². The quantitative estimate of drug-likeness (QED) is 0.713. The average Bonchev–Trinajstić information content (AvgIpc) is 2.56. The van der Waals surface area contributed by atoms with Crippen LogP contribution in [0.5, 0.6) is 0 Å². The summed E-state index contributed by atoms with van der Waals surface area (Å²) in [5, 5.41) is 4.87. The molecule has 2 rings (SSSR count). The van der Waals surface area contributed by atoms with Gasteiger partial charge in [-0.1, -0.05) is 18.5 Å². The molecule has 76 valence electrons. The summed E-state index contributed by atoms with van der Waals surface area (Å²) in [7, 11) is 0. The second-order valence-electron chi connectivity index (χ2n) is 4.04. The molecule has 1 saturated carbocycles. The van der Waals surface area contributed by atoms with Crippen molar-refractivity contribution < 1.29 is 4.79 Å². The number of hydrogen-bond donors (Lipinski definition) is 0. The number of carbonyl (C=O) groups excluding carboxylic acids is 1. The van der Waals surface area contributed by atoms with E-state index >= 15 is 0 Å². The third kappa shape index (κ3) is 1.86. The van der Waals surface area contributed by atoms with Crippen molar-refractivity contribution in [2.24, 2.45) is 5.92 Å². The Labute approximate surface area is 93.1 Å². The van der Waals surface area contributed by atoms with Crippen LogP contribution in [0.15, 0.2) is 10.8 Å². The fourth-order valence-corrected chi connectivity index (χ4v) is 3.30. The zero-order valence-electron chi connectivity index (χ0n) is 8.13. The van der Waals surface area contributed by atoms with E-state index in [4.69, 9.17) is 11.6 Å². The van der Waals surface area contributed by atoms with Gasteiger partial charge in [0, 0.05) is 18.2 Å². The minimum atomic E-state index is 0.356. The van der Waals surface area contributed by atoms with Gasteiger partial charge in [-0.25, -0.2) is 0 Å². The van der Waals surface area contributed by atoms with Crippen LogP contribution in [-0.4, -0.2) is 5.78 Å². The lowest BCUT2D eigenvalue weighted by molar-refractivity contribution is -0.121. The molecule has 0 saturated heterocycles. The lowest BCUT2D eigenvalue weighted by Crippen LogP contribution is -2.21. The smallest absolute Gasteiger partial charge is 0.133 e. The molecular weight excluding hydrogens is 216 g/mol. The highest BCUT2D eigenvalue weighted by molar-refractivity contribution is 7.08. The molecule has 14 heavy (non-hydrogen) atoms. The van der Waals surface area contributed by atoms with Crippen molar-refractivity contribution in [1.82, 2.24) is 0 Å². The van der Waals surface area contributed by atoms with E-state index in [-0.39, 0.29) is 0 Å². The highest BCUT2D eigenvalue weighted by Crippen LogP contribution is 2.40. The van der Waals surface area contributed by atoms with E-state index in [1.807, 2.05) is 5.38 Å². The first kappa shape index (κ1) is 10.2. The second-order valence-corrected chi connectivity index (χ2v) is 5.19. The van der Waals surface area contributed by atoms with Crippen molar-refractivity contribution in [3.8, 4) is 0 Å². The molecule has 3 heteroatoms. The van der Waals surface area contributed by atoms with Gasteiger partial charge in [-0.15, -0.1) is 0 Å². The molecule has 0 amide bonds. The number of halogens is 1. The molecule has 1 heterocycles. The van der Waals surface area contributed by atoms with Crippen LogP contribution in [0.25, 0.3) is 0 Å². The van der Waals surface area contributed by atoms with Gasteiger partial charge in [0.15, 0.2) is 0 Å². The molecule has 0 bridgehead atoms. The van der Waals surface area contributed by atoms with Gasteiger partial charge in [-0.3, -0.25) is 4.79 Å². The van der Waals surface area contributed by atoms with Crippen LogP contribution >= 0.6 is 22.9 Å². The van der Waals surface area contributed by atoms with E-state index < -0.39 is 0 Å². The largest absolute Gasteiger partial charge is 0.300 e. The number of rotatable bonds is 1. The Bertz CT molecular complexity index is 345. The molecule has 1 aliphatic carbocycles. The maximum Gasteiger partial charge on any atom is 0.133 e. The Balaban J connectivity index is 2.24. The zero-order chi connectivity index (χ0) is 10.1. The Hall–Kier alpha value is -0.340. The predicted molar refractivity (Wildman–Crippen MR) is 60.1 cm³/mol. The number of hydrogen-bond acceptors (Lipinski definition) is 2. The summed E-state index contributed by atoms with van der Waals surface area (Å²) in [5.41, 5.74) is 1.18. The Kier molecular flexibility index (Phi) is 2.93. The van der Waals surface area contributed by atoms with E-state index in [0.29, 0.717) is 24.0 Å². The van der Waals surface area contributed by atoms with Crippen LogP contribution in [-0.2, 0) is 4.79 Å². The third-order valence-electron chi connectivity index (χ3n) is 3.05. The molecule has 0 aromatic carbocycles. The van der Waals surface area contributed by atoms with Crippen molar-refractivity contribution >= 4 is 28.7 Å². The highest BCUT2D eigenvalue weighted by Gasteiger charge is 2.28. The number of Topliss-reactive ketones (excluding diaryl/α,β-unsaturated/α-hetero) is 1. The molecule has 0 spiro atoms. The van der Waals surface area contributed by atoms with Crippen LogP contribution in [0.4, 0.5) is 0 Å². The van der Waals surface area contributed by atoms with Crippen molar-refractivity contribution in [3.63, 3.8) is 0 Å². The Morgan fingerprint density at radius 3 is 2.93 bits per heavy atom. The Morgan fingerprint density at radius 2 is 2.29 bits per heavy atom. The van der Waals surface area contributed by atoms with Gasteiger partial charge < -0.3 is 0 Å². The van der Waals surface area contributed by atoms with Crippen LogP contribution in [0.1, 0.15) is 37.7 Å². The summed E-state index contributed by atoms with van der Waals surface area (Å²) >= 11 is 7.71. The highest BCUT2D eigenvalue weighted by atomic mass is 35.5. The summed E-state index contributed by atoms with van der Waals surface area (Å²) in [6.07, 6.45) is 2.44. The molecule has 2 atom stereocenters. The van der Waals surface area contributed by atoms with Gasteiger partial charge in [0.25, 0.3) is 0 Å². The van der Waals surface area contributed by atoms with Gasteiger partial charge in [0.1, 0.15) is 5.78 Å². The van der Waals surface area contributed by atoms with Crippen LogP contribution in [0.3, 0.4) is 0 Å². The van der Waals surface area contributed by atoms with Crippen molar-refractivity contribution in [2.45, 2.75) is 32.1 Å². The number of ketones is 1. The average molecular weight is 229 g/mol. The minimum absolute atomic E-state index is 0.356. The van der Waals surface area contributed by atoms with Gasteiger partial charge in [-0.05, 0) is 29.2 Å². The second kappa shape index (κ2) is 4.03. The van der Waals surface area contributed by atoms with E-state index in [1.165, 1.54) is 5.56 Å². The molecule has 1 fully saturated rings. The maximum atomic E-state index is 11.4. The van der Waals surface area contributed by atoms with Gasteiger partial charge >= 0.3 is 0 Å². The van der Waals surface area contributed by atoms with E-state index in [1.54, 1.807) is 11.3 Å². The van der Waals surface area contributed by atoms with Crippen LogP contribution in [0, 0.1) is 5.92 Å². The molecule has 0 radical (unpaired) electrons. The maximum absolute atomic E-state index is 11.4. The van der Waals surface area contributed by atoms with Crippen LogP contribution in [0.2, 0.25) is 5.02 Å². The number of carbonyl (C=O) groups is 1. The fourth-order valence-electron chi connectivity index (χ4n) is 2.11. The van der Waals surface area contributed by atoms with Gasteiger partial charge in [0.05, 0.1) is 5.02 Å². The lowest BCUT2D eigenvalue weighted by atomic mass is 9.77. The summed E-state index contributed by atoms with van der Waals surface area (Å²) in [5.74, 6) is 1.32. The van der Waals surface area contributed by atoms with E-state index in [9.17, 15) is 4.79 Å². The van der Waals surface area contributed by atoms with Crippen molar-refractivity contribution in [3.05, 3.63) is 21.3 Å². The Morgan fingerprint density at radius 1 is 1.50 bits per heavy atom. The molecule has 1 aliphatic rings. The summed E-state index contributed by atoms with van der Waals surface area (Å²) in [6, 6.07) is 0. The van der Waals surface area contributed by atoms with Crippen molar-refractivity contribution in [1.29, 1.82) is 0 Å². The fraction of sp³-hybridized carbons (Fsp3) is 0.545. The minimum Gasteiger partial charge on any atom is -0.300 e. The topological polar surface area (TPSA) is 17.1 Å². The first-order valence-corrected chi connectivity index (χ1v) is 6.24. The SMILES string of the molecule is CC1CCC(=O)CC1c1cscc1Cl. The van der Waals surface area contributed by atoms with Crippen molar-refractivity contribution in [2.75, 3.05) is 0 Å². The standard InChI is InChI=1S/C11H13ClOS/c1-7-2-3-8(13)4-9(7)10-5-14-6-11(10)12/h5-7,9H,2-4H2,1H3. The molecule has 1 aromatic rings. The third-order valence-corrected chi connectivity index (χ3v) is 4.27. The summed E-state index contributed by atoms with van der Waals surface area (Å²) in [4.78, 5) is 11.4. The first-order chi connectivity index (χ1) is 6.68. The predicted octanol–water partition coefficient (Wildman–Crippen LogP) is 3.87. The van der Waals surface area contributed by atoms with Crippen LogP contribution < -0.4 is 0 Å². The molecular formula is C11H13ClOS.